The highest BCUT2D eigenvalue weighted by molar-refractivity contribution is 5.71. The Morgan fingerprint density at radius 2 is 0.433 bits per heavy atom. The lowest BCUT2D eigenvalue weighted by atomic mass is 10.0. The smallest absolute Gasteiger partial charge is 0.306 e. The van der Waals surface area contributed by atoms with E-state index in [0.29, 0.717) is 19.3 Å². The van der Waals surface area contributed by atoms with Crippen LogP contribution in [0.15, 0.2) is 0 Å². The molecule has 0 radical (unpaired) electrons. The van der Waals surface area contributed by atoms with Crippen LogP contribution >= 0.6 is 0 Å². The highest BCUT2D eigenvalue weighted by Gasteiger charge is 2.19. The number of carbonyl (C=O) groups is 3. The highest BCUT2D eigenvalue weighted by Crippen LogP contribution is 2.19. The van der Waals surface area contributed by atoms with E-state index in [9.17, 15) is 14.4 Å². The third kappa shape index (κ3) is 55.2. The molecular formula is C61H118O6. The van der Waals surface area contributed by atoms with Crippen LogP contribution in [0.2, 0.25) is 0 Å². The van der Waals surface area contributed by atoms with E-state index in [2.05, 4.69) is 41.5 Å². The molecule has 0 fully saturated rings. The van der Waals surface area contributed by atoms with E-state index in [1.807, 2.05) is 0 Å². The van der Waals surface area contributed by atoms with Crippen LogP contribution in [0.5, 0.6) is 0 Å². The first-order valence-electron chi connectivity index (χ1n) is 30.1. The van der Waals surface area contributed by atoms with Crippen molar-refractivity contribution in [3.63, 3.8) is 0 Å². The second-order valence-electron chi connectivity index (χ2n) is 22.4. The number of ether oxygens (including phenoxy) is 3. The molecule has 6 heteroatoms. The molecular weight excluding hydrogens is 829 g/mol. The minimum atomic E-state index is -0.764. The van der Waals surface area contributed by atoms with Gasteiger partial charge in [0.05, 0.1) is 0 Å². The Hall–Kier alpha value is -1.59. The molecule has 0 saturated heterocycles. The Balaban J connectivity index is 4.24. The molecule has 0 bridgehead atoms. The van der Waals surface area contributed by atoms with Gasteiger partial charge in [-0.05, 0) is 37.0 Å². The van der Waals surface area contributed by atoms with Gasteiger partial charge < -0.3 is 14.2 Å². The molecule has 0 rings (SSSR count). The minimum absolute atomic E-state index is 0.0636. The van der Waals surface area contributed by atoms with Gasteiger partial charge in [-0.1, -0.05) is 298 Å². The SMILES string of the molecule is CC(C)CCCCCCCCCCCCCCCCCCCCC(=O)O[C@@H](COC(=O)CCCCCCCCCCCCCCCCC(C)C)COC(=O)CCCCCCCCCCC(C)C. The summed E-state index contributed by atoms with van der Waals surface area (Å²) in [5.74, 6) is 1.66. The lowest BCUT2D eigenvalue weighted by Crippen LogP contribution is -2.30. The van der Waals surface area contributed by atoms with Gasteiger partial charge in [0.1, 0.15) is 13.2 Å². The van der Waals surface area contributed by atoms with Crippen LogP contribution in [0.3, 0.4) is 0 Å². The van der Waals surface area contributed by atoms with Gasteiger partial charge in [-0.15, -0.1) is 0 Å². The van der Waals surface area contributed by atoms with Crippen molar-refractivity contribution in [3.05, 3.63) is 0 Å². The van der Waals surface area contributed by atoms with E-state index in [1.165, 1.54) is 218 Å². The Kier molecular flexibility index (Phi) is 51.0. The second kappa shape index (κ2) is 52.2. The highest BCUT2D eigenvalue weighted by atomic mass is 16.6. The normalized spacial score (nSPS) is 12.1. The van der Waals surface area contributed by atoms with Gasteiger partial charge in [0.2, 0.25) is 0 Å². The van der Waals surface area contributed by atoms with Crippen LogP contribution < -0.4 is 0 Å². The van der Waals surface area contributed by atoms with Crippen LogP contribution in [-0.2, 0) is 28.6 Å². The summed E-state index contributed by atoms with van der Waals surface area (Å²) >= 11 is 0. The summed E-state index contributed by atoms with van der Waals surface area (Å²) in [6.45, 7) is 13.8. The predicted octanol–water partition coefficient (Wildman–Crippen LogP) is 19.9. The first-order chi connectivity index (χ1) is 32.6. The van der Waals surface area contributed by atoms with E-state index >= 15 is 0 Å². The van der Waals surface area contributed by atoms with Gasteiger partial charge in [-0.3, -0.25) is 14.4 Å². The standard InChI is InChI=1S/C61H118O6/c1-55(2)47-41-35-29-23-19-15-11-9-7-8-10-12-18-22-26-34-40-46-52-61(64)67-58(54-66-60(63)51-45-39-33-28-27-31-37-43-49-57(5)6)53-65-59(62)50-44-38-32-25-21-17-14-13-16-20-24-30-36-42-48-56(3)4/h55-58H,7-54H2,1-6H3/t58-/m0/s1. The largest absolute Gasteiger partial charge is 0.462 e. The number of carbonyl (C=O) groups excluding carboxylic acids is 3. The summed E-state index contributed by atoms with van der Waals surface area (Å²) in [5.41, 5.74) is 0. The monoisotopic (exact) mass is 947 g/mol. The van der Waals surface area contributed by atoms with Crippen molar-refractivity contribution >= 4 is 17.9 Å². The molecule has 0 saturated carbocycles. The summed E-state index contributed by atoms with van der Waals surface area (Å²) in [6.07, 6.45) is 55.4. The fraction of sp³-hybridized carbons (Fsp3) is 0.951. The van der Waals surface area contributed by atoms with Crippen LogP contribution in [0.1, 0.15) is 337 Å². The second-order valence-corrected chi connectivity index (χ2v) is 22.4. The molecule has 67 heavy (non-hydrogen) atoms. The zero-order valence-corrected chi connectivity index (χ0v) is 46.2. The topological polar surface area (TPSA) is 78.9 Å². The van der Waals surface area contributed by atoms with Crippen LogP contribution in [0.4, 0.5) is 0 Å². The van der Waals surface area contributed by atoms with Gasteiger partial charge in [-0.2, -0.15) is 0 Å². The Bertz CT molecular complexity index is 1040. The van der Waals surface area contributed by atoms with E-state index in [0.717, 1.165) is 75.5 Å². The van der Waals surface area contributed by atoms with Crippen LogP contribution in [0.25, 0.3) is 0 Å². The molecule has 0 aliphatic carbocycles. The number of hydrogen-bond donors (Lipinski definition) is 0. The number of hydrogen-bond acceptors (Lipinski definition) is 6. The maximum atomic E-state index is 12.9. The van der Waals surface area contributed by atoms with Crippen molar-refractivity contribution in [1.82, 2.24) is 0 Å². The molecule has 0 N–H and O–H groups in total. The number of unbranched alkanes of at least 4 members (excludes halogenated alkanes) is 37. The van der Waals surface area contributed by atoms with Crippen molar-refractivity contribution in [2.24, 2.45) is 17.8 Å². The van der Waals surface area contributed by atoms with Gasteiger partial charge in [0, 0.05) is 19.3 Å². The quantitative estimate of drug-likeness (QED) is 0.0343. The first kappa shape index (κ1) is 65.4. The number of rotatable bonds is 54. The first-order valence-corrected chi connectivity index (χ1v) is 30.1. The van der Waals surface area contributed by atoms with Gasteiger partial charge in [-0.25, -0.2) is 0 Å². The molecule has 0 amide bonds. The van der Waals surface area contributed by atoms with E-state index in [4.69, 9.17) is 14.2 Å². The summed E-state index contributed by atoms with van der Waals surface area (Å²) < 4.78 is 16.9. The van der Waals surface area contributed by atoms with Crippen molar-refractivity contribution in [2.75, 3.05) is 13.2 Å². The van der Waals surface area contributed by atoms with Gasteiger partial charge >= 0.3 is 17.9 Å². The molecule has 1 atom stereocenters. The zero-order valence-electron chi connectivity index (χ0n) is 46.2. The van der Waals surface area contributed by atoms with Crippen molar-refractivity contribution < 1.29 is 28.6 Å². The van der Waals surface area contributed by atoms with Gasteiger partial charge in [0.15, 0.2) is 6.10 Å². The minimum Gasteiger partial charge on any atom is -0.462 e. The molecule has 0 aromatic heterocycles. The molecule has 0 aromatic carbocycles. The molecule has 6 nitrogen and oxygen atoms in total. The summed E-state index contributed by atoms with van der Waals surface area (Å²) in [6, 6.07) is 0. The Morgan fingerprint density at radius 1 is 0.254 bits per heavy atom. The van der Waals surface area contributed by atoms with E-state index < -0.39 is 6.10 Å². The van der Waals surface area contributed by atoms with Gasteiger partial charge in [0.25, 0.3) is 0 Å². The zero-order chi connectivity index (χ0) is 49.1. The average molecular weight is 948 g/mol. The lowest BCUT2D eigenvalue weighted by Gasteiger charge is -2.18. The molecule has 0 aliphatic rings. The molecule has 0 aliphatic heterocycles. The average Bonchev–Trinajstić information content (AvgIpc) is 3.29. The third-order valence-corrected chi connectivity index (χ3v) is 13.9. The maximum Gasteiger partial charge on any atom is 0.306 e. The Morgan fingerprint density at radius 3 is 0.642 bits per heavy atom. The molecule has 0 spiro atoms. The summed E-state index contributed by atoms with van der Waals surface area (Å²) in [7, 11) is 0. The molecule has 0 heterocycles. The molecule has 0 aromatic rings. The lowest BCUT2D eigenvalue weighted by molar-refractivity contribution is -0.167. The fourth-order valence-electron chi connectivity index (χ4n) is 9.35. The van der Waals surface area contributed by atoms with Crippen LogP contribution in [-0.4, -0.2) is 37.2 Å². The summed E-state index contributed by atoms with van der Waals surface area (Å²) in [5, 5.41) is 0. The third-order valence-electron chi connectivity index (χ3n) is 13.9. The Labute approximate surface area is 418 Å². The van der Waals surface area contributed by atoms with E-state index in [1.54, 1.807) is 0 Å². The van der Waals surface area contributed by atoms with Crippen molar-refractivity contribution in [1.29, 1.82) is 0 Å². The summed E-state index contributed by atoms with van der Waals surface area (Å²) in [4.78, 5) is 38.2. The van der Waals surface area contributed by atoms with E-state index in [-0.39, 0.29) is 31.1 Å². The number of esters is 3. The molecule has 0 unspecified atom stereocenters. The maximum absolute atomic E-state index is 12.9. The van der Waals surface area contributed by atoms with Crippen molar-refractivity contribution in [2.45, 2.75) is 343 Å². The van der Waals surface area contributed by atoms with Crippen molar-refractivity contribution in [3.8, 4) is 0 Å². The van der Waals surface area contributed by atoms with Crippen LogP contribution in [0, 0.1) is 17.8 Å². The molecule has 398 valence electrons. The fourth-order valence-corrected chi connectivity index (χ4v) is 9.35. The predicted molar refractivity (Wildman–Crippen MR) is 289 cm³/mol.